The fraction of sp³-hybridized carbons (Fsp3) is 0. The molecule has 300 valence electrons. The summed E-state index contributed by atoms with van der Waals surface area (Å²) in [5.41, 5.74) is 10.7. The van der Waals surface area contributed by atoms with Gasteiger partial charge in [-0.25, -0.2) is 0 Å². The van der Waals surface area contributed by atoms with Crippen LogP contribution in [0.4, 0.5) is 0 Å². The van der Waals surface area contributed by atoms with E-state index in [9.17, 15) is 0 Å². The van der Waals surface area contributed by atoms with Crippen LogP contribution >= 0.6 is 0 Å². The van der Waals surface area contributed by atoms with E-state index in [0.717, 1.165) is 17.1 Å². The Morgan fingerprint density at radius 1 is 0.203 bits per heavy atom. The quantitative estimate of drug-likeness (QED) is 0.142. The Balaban J connectivity index is 0.974. The number of benzene rings is 10. The van der Waals surface area contributed by atoms with Gasteiger partial charge >= 0.3 is 267 Å². The molecule has 64 heavy (non-hydrogen) atoms. The van der Waals surface area contributed by atoms with Crippen molar-refractivity contribution in [2.75, 3.05) is 0 Å². The molecule has 3 heterocycles. The molecule has 0 aliphatic rings. The van der Waals surface area contributed by atoms with Gasteiger partial charge in [-0.1, -0.05) is 54.6 Å². The third-order valence-corrected chi connectivity index (χ3v) is 27.3. The van der Waals surface area contributed by atoms with Crippen molar-refractivity contribution in [3.05, 3.63) is 249 Å². The van der Waals surface area contributed by atoms with Crippen molar-refractivity contribution in [1.82, 2.24) is 13.7 Å². The van der Waals surface area contributed by atoms with E-state index in [1.165, 1.54) is 79.7 Å². The average molecular weight is 923 g/mol. The molecule has 0 fully saturated rings. The Bertz CT molecular complexity index is 3730. The molecule has 13 rings (SSSR count). The molecular formula is C60H41N3Sn. The molecule has 0 saturated heterocycles. The first-order chi connectivity index (χ1) is 31.8. The number of fused-ring (bicyclic) bond motifs is 9. The molecule has 0 unspecified atom stereocenters. The molecule has 3 nitrogen and oxygen atoms in total. The summed E-state index contributed by atoms with van der Waals surface area (Å²) in [5, 5.41) is 7.49. The summed E-state index contributed by atoms with van der Waals surface area (Å²) in [7, 11) is 0. The molecule has 4 heteroatoms. The summed E-state index contributed by atoms with van der Waals surface area (Å²) in [4.78, 5) is 0. The zero-order valence-corrected chi connectivity index (χ0v) is 37.9. The maximum atomic E-state index is 2.45. The average Bonchev–Trinajstić information content (AvgIpc) is 4.01. The van der Waals surface area contributed by atoms with Crippen LogP contribution in [0.5, 0.6) is 0 Å². The van der Waals surface area contributed by atoms with Crippen LogP contribution in [-0.4, -0.2) is 32.1 Å². The van der Waals surface area contributed by atoms with Gasteiger partial charge in [0, 0.05) is 16.5 Å². The van der Waals surface area contributed by atoms with Crippen LogP contribution in [0.15, 0.2) is 249 Å². The fourth-order valence-corrected chi connectivity index (χ4v) is 24.4. The van der Waals surface area contributed by atoms with E-state index in [1.807, 2.05) is 0 Å². The van der Waals surface area contributed by atoms with Gasteiger partial charge in [0.05, 0.1) is 11.0 Å². The molecule has 10 aromatic carbocycles. The predicted octanol–water partition coefficient (Wildman–Crippen LogP) is 12.4. The molecule has 3 aromatic heterocycles. The van der Waals surface area contributed by atoms with Crippen LogP contribution in [0.25, 0.3) is 82.5 Å². The Morgan fingerprint density at radius 2 is 0.469 bits per heavy atom. The molecule has 0 radical (unpaired) electrons. The summed E-state index contributed by atoms with van der Waals surface area (Å²) < 4.78 is 13.1. The summed E-state index contributed by atoms with van der Waals surface area (Å²) in [6, 6.07) is 92.6. The van der Waals surface area contributed by atoms with Crippen LogP contribution in [-0.2, 0) is 0 Å². The number of para-hydroxylation sites is 4. The molecule has 0 aliphatic carbocycles. The first-order valence-corrected chi connectivity index (χ1v) is 27.8. The van der Waals surface area contributed by atoms with Gasteiger partial charge in [-0.05, 0) is 24.3 Å². The Labute approximate surface area is 375 Å². The topological polar surface area (TPSA) is 14.8 Å². The number of aromatic nitrogens is 3. The van der Waals surface area contributed by atoms with Crippen molar-refractivity contribution in [2.24, 2.45) is 0 Å². The summed E-state index contributed by atoms with van der Waals surface area (Å²) in [6.07, 6.45) is 0. The monoisotopic (exact) mass is 923 g/mol. The second kappa shape index (κ2) is 14.8. The van der Waals surface area contributed by atoms with Gasteiger partial charge in [-0.15, -0.1) is 0 Å². The minimum atomic E-state index is -3.75. The summed E-state index contributed by atoms with van der Waals surface area (Å²) in [5.74, 6) is 0. The van der Waals surface area contributed by atoms with E-state index < -0.39 is 18.4 Å². The van der Waals surface area contributed by atoms with Crippen molar-refractivity contribution in [3.8, 4) is 17.1 Å². The first-order valence-electron chi connectivity index (χ1n) is 22.1. The maximum absolute atomic E-state index is 3.75. The van der Waals surface area contributed by atoms with Crippen LogP contribution in [0, 0.1) is 0 Å². The van der Waals surface area contributed by atoms with E-state index in [0.29, 0.717) is 0 Å². The molecule has 0 bridgehead atoms. The van der Waals surface area contributed by atoms with Gasteiger partial charge in [0.1, 0.15) is 0 Å². The zero-order chi connectivity index (χ0) is 42.2. The van der Waals surface area contributed by atoms with Crippen molar-refractivity contribution in [2.45, 2.75) is 0 Å². The van der Waals surface area contributed by atoms with Crippen LogP contribution in [0.3, 0.4) is 0 Å². The van der Waals surface area contributed by atoms with Gasteiger partial charge in [0.2, 0.25) is 0 Å². The van der Waals surface area contributed by atoms with E-state index in [1.54, 1.807) is 0 Å². The zero-order valence-electron chi connectivity index (χ0n) is 35.0. The van der Waals surface area contributed by atoms with Gasteiger partial charge in [-0.2, -0.15) is 0 Å². The molecular weight excluding hydrogens is 881 g/mol. The van der Waals surface area contributed by atoms with Gasteiger partial charge in [-0.3, -0.25) is 0 Å². The molecule has 0 N–H and O–H groups in total. The van der Waals surface area contributed by atoms with Gasteiger partial charge < -0.3 is 4.57 Å². The van der Waals surface area contributed by atoms with Crippen LogP contribution < -0.4 is 14.3 Å². The molecule has 0 saturated carbocycles. The van der Waals surface area contributed by atoms with E-state index in [2.05, 4.69) is 262 Å². The Hall–Kier alpha value is -7.60. The Kier molecular flexibility index (Phi) is 8.53. The molecule has 0 spiro atoms. The molecule has 13 aromatic rings. The summed E-state index contributed by atoms with van der Waals surface area (Å²) >= 11 is -3.75. The van der Waals surface area contributed by atoms with Gasteiger partial charge in [0.25, 0.3) is 0 Å². The number of rotatable bonds is 7. The molecule has 0 amide bonds. The predicted molar refractivity (Wildman–Crippen MR) is 273 cm³/mol. The van der Waals surface area contributed by atoms with E-state index in [-0.39, 0.29) is 0 Å². The van der Waals surface area contributed by atoms with Crippen LogP contribution in [0.1, 0.15) is 0 Å². The Morgan fingerprint density at radius 3 is 0.844 bits per heavy atom. The fourth-order valence-electron chi connectivity index (χ4n) is 10.9. The van der Waals surface area contributed by atoms with Crippen molar-refractivity contribution in [3.63, 3.8) is 0 Å². The number of hydrogen-bond acceptors (Lipinski definition) is 0. The van der Waals surface area contributed by atoms with Crippen molar-refractivity contribution >= 4 is 98.1 Å². The van der Waals surface area contributed by atoms with Crippen LogP contribution in [0.2, 0.25) is 0 Å². The van der Waals surface area contributed by atoms with Crippen molar-refractivity contribution < 1.29 is 0 Å². The van der Waals surface area contributed by atoms with E-state index >= 15 is 0 Å². The first kappa shape index (κ1) is 37.0. The SMILES string of the molecule is c1cc[c]([Sn]([c]2ccccc2)([c]2ccccc2)[c]2ccc(-n3c4ccccc4c4cc(-n5c6ccccc6c6cc(-n7c8ccccc8c8ccccc87)ccc65)ccc43)cc2)cc1. The standard InChI is InChI=1S/C42H26N3.3C6H5.Sn/c1-2-12-28(13-3-1)43-39-20-10-6-16-33(39)35-27-30(22-24-41(35)43)45-40-21-11-7-17-34(40)36-26-29(23-25-42(36)45)44-37-18-8-4-14-31(37)32-15-5-9-19-38(32)44;3*1-2-4-6-5-3-1;/h2-27H;3*1-5H;. The van der Waals surface area contributed by atoms with Gasteiger partial charge in [0.15, 0.2) is 0 Å². The number of nitrogens with zero attached hydrogens (tertiary/aromatic N) is 3. The second-order valence-corrected chi connectivity index (χ2v) is 27.7. The normalized spacial score (nSPS) is 12.1. The third kappa shape index (κ3) is 5.47. The number of hydrogen-bond donors (Lipinski definition) is 0. The van der Waals surface area contributed by atoms with Crippen molar-refractivity contribution in [1.29, 1.82) is 0 Å². The summed E-state index contributed by atoms with van der Waals surface area (Å²) in [6.45, 7) is 0. The minimum absolute atomic E-state index is 1.15. The third-order valence-electron chi connectivity index (χ3n) is 13.6. The molecule has 0 atom stereocenters. The second-order valence-electron chi connectivity index (χ2n) is 16.9. The van der Waals surface area contributed by atoms with E-state index in [4.69, 9.17) is 0 Å². The molecule has 0 aliphatic heterocycles.